The fourth-order valence-corrected chi connectivity index (χ4v) is 1.17. The molecule has 2 N–H and O–H groups in total. The molecule has 0 aromatic carbocycles. The van der Waals surface area contributed by atoms with Crippen molar-refractivity contribution in [3.63, 3.8) is 0 Å². The summed E-state index contributed by atoms with van der Waals surface area (Å²) in [4.78, 5) is 34.1. The molecule has 10 heavy (non-hydrogen) atoms. The van der Waals surface area contributed by atoms with Crippen LogP contribution in [-0.2, 0) is 40.7 Å². The second-order valence-corrected chi connectivity index (χ2v) is 3.55. The van der Waals surface area contributed by atoms with Crippen LogP contribution in [0.2, 0.25) is 0 Å². The maximum absolute atomic E-state index is 9.55. The third-order valence-corrected chi connectivity index (χ3v) is 1.86. The third-order valence-electron chi connectivity index (χ3n) is 0.206. The Bertz CT molecular complexity index is 152. The van der Waals surface area contributed by atoms with E-state index in [0.717, 1.165) is 0 Å². The van der Waals surface area contributed by atoms with E-state index in [1.54, 1.807) is 0 Å². The summed E-state index contributed by atoms with van der Waals surface area (Å²) in [5, 5.41) is 0. The summed E-state index contributed by atoms with van der Waals surface area (Å²) >= 11 is 0. The second-order valence-electron chi connectivity index (χ2n) is 1.02. The van der Waals surface area contributed by atoms with Crippen molar-refractivity contribution in [3.05, 3.63) is 0 Å². The topological polar surface area (TPSA) is 130 Å². The van der Waals surface area contributed by atoms with Gasteiger partial charge in [0.25, 0.3) is 0 Å². The molecule has 0 bridgehead atoms. The summed E-state index contributed by atoms with van der Waals surface area (Å²) in [5.74, 6) is 0. The van der Waals surface area contributed by atoms with Gasteiger partial charge in [0.2, 0.25) is 0 Å². The molecule has 0 fully saturated rings. The first-order valence-corrected chi connectivity index (χ1v) is 4.49. The van der Waals surface area contributed by atoms with E-state index in [2.05, 4.69) is 4.31 Å². The molecule has 0 aliphatic rings. The molecule has 7 nitrogen and oxygen atoms in total. The van der Waals surface area contributed by atoms with E-state index < -0.39 is 15.6 Å². The maximum Gasteiger partial charge on any atom is 2.00 e. The van der Waals surface area contributed by atoms with Crippen molar-refractivity contribution in [1.29, 1.82) is 0 Å². The maximum atomic E-state index is 9.55. The van der Waals surface area contributed by atoms with E-state index in [4.69, 9.17) is 9.79 Å². The molecule has 0 radical (unpaired) electrons. The zero-order chi connectivity index (χ0) is 7.71. The van der Waals surface area contributed by atoms with Crippen LogP contribution in [0.3, 0.4) is 0 Å². The van der Waals surface area contributed by atoms with Crippen molar-refractivity contribution >= 4 is 15.6 Å². The van der Waals surface area contributed by atoms with Gasteiger partial charge in [0.1, 0.15) is 0 Å². The molecule has 10 heteroatoms. The van der Waals surface area contributed by atoms with E-state index in [1.165, 1.54) is 0 Å². The molecule has 0 unspecified atom stereocenters. The number of rotatable bonds is 2. The summed E-state index contributed by atoms with van der Waals surface area (Å²) < 4.78 is 21.7. The first-order chi connectivity index (χ1) is 3.71. The molecule has 0 saturated carbocycles. The summed E-state index contributed by atoms with van der Waals surface area (Å²) in [6.45, 7) is 0. The normalized spacial score (nSPS) is 12.4. The first-order valence-electron chi connectivity index (χ1n) is 1.50. The predicted molar refractivity (Wildman–Crippen MR) is 20.7 cm³/mol. The van der Waals surface area contributed by atoms with E-state index in [9.17, 15) is 18.9 Å². The van der Waals surface area contributed by atoms with E-state index >= 15 is 0 Å². The predicted octanol–water partition coefficient (Wildman–Crippen LogP) is -2.08. The first kappa shape index (κ1) is 13.8. The fourth-order valence-electron chi connectivity index (χ4n) is 0.130. The summed E-state index contributed by atoms with van der Waals surface area (Å²) in [7, 11) is -10.7. The van der Waals surface area contributed by atoms with Crippen molar-refractivity contribution in [2.75, 3.05) is 0 Å². The van der Waals surface area contributed by atoms with Crippen LogP contribution in [0.4, 0.5) is 0 Å². The van der Waals surface area contributed by atoms with Gasteiger partial charge in [-0.2, -0.15) is 0 Å². The van der Waals surface area contributed by atoms with E-state index in [1.807, 2.05) is 0 Å². The van der Waals surface area contributed by atoms with Crippen LogP contribution in [0.1, 0.15) is 0 Å². The molecular formula is H2CdO7P2. The minimum absolute atomic E-state index is 0. The average molecular weight is 288 g/mol. The third kappa shape index (κ3) is 11.9. The van der Waals surface area contributed by atoms with Crippen molar-refractivity contribution < 1.29 is 60.3 Å². The van der Waals surface area contributed by atoms with Gasteiger partial charge in [-0.3, -0.25) is 4.31 Å². The zero-order valence-corrected chi connectivity index (χ0v) is 10.4. The Morgan fingerprint density at radius 2 is 1.50 bits per heavy atom. The molecule has 0 aliphatic carbocycles. The Balaban J connectivity index is 0. The molecule has 0 aromatic rings. The van der Waals surface area contributed by atoms with Crippen LogP contribution in [0.15, 0.2) is 0 Å². The van der Waals surface area contributed by atoms with Crippen LogP contribution < -0.4 is 9.79 Å². The molecule has 0 amide bonds. The van der Waals surface area contributed by atoms with Crippen LogP contribution in [0.25, 0.3) is 0 Å². The summed E-state index contributed by atoms with van der Waals surface area (Å²) in [6.07, 6.45) is 0. The van der Waals surface area contributed by atoms with Gasteiger partial charge in [0, 0.05) is 0 Å². The standard InChI is InChI=1S/Cd.H4O7P2/c;1-8(2,3)7-9(4,5)6/h;(H2,1,2,3)(H2,4,5,6)/q+2;/p-2. The Kier molecular flexibility index (Phi) is 5.87. The van der Waals surface area contributed by atoms with Crippen molar-refractivity contribution in [1.82, 2.24) is 0 Å². The summed E-state index contributed by atoms with van der Waals surface area (Å²) in [5.41, 5.74) is 0. The van der Waals surface area contributed by atoms with Crippen LogP contribution in [0.5, 0.6) is 0 Å². The van der Waals surface area contributed by atoms with Crippen molar-refractivity contribution in [3.8, 4) is 0 Å². The van der Waals surface area contributed by atoms with Gasteiger partial charge in [-0.15, -0.1) is 0 Å². The molecule has 0 spiro atoms. The number of hydrogen-bond acceptors (Lipinski definition) is 5. The summed E-state index contributed by atoms with van der Waals surface area (Å²) in [6, 6.07) is 0. The number of hydrogen-bond donors (Lipinski definition) is 2. The average Bonchev–Trinajstić information content (AvgIpc) is 1.14. The zero-order valence-electron chi connectivity index (χ0n) is 4.54. The molecule has 0 heterocycles. The van der Waals surface area contributed by atoms with Crippen LogP contribution in [0, 0.1) is 0 Å². The van der Waals surface area contributed by atoms with Gasteiger partial charge in [-0.25, -0.2) is 4.57 Å². The molecule has 0 rings (SSSR count). The van der Waals surface area contributed by atoms with E-state index in [-0.39, 0.29) is 27.3 Å². The Hall–Kier alpha value is 1.18. The Morgan fingerprint density at radius 1 is 1.20 bits per heavy atom. The van der Waals surface area contributed by atoms with Crippen molar-refractivity contribution in [2.45, 2.75) is 0 Å². The molecule has 0 aromatic heterocycles. The molecule has 0 atom stereocenters. The van der Waals surface area contributed by atoms with Crippen LogP contribution >= 0.6 is 15.6 Å². The Labute approximate surface area is 76.0 Å². The van der Waals surface area contributed by atoms with Gasteiger partial charge >= 0.3 is 35.1 Å². The largest absolute Gasteiger partial charge is 2.00 e. The monoisotopic (exact) mass is 290 g/mol. The quantitative estimate of drug-likeness (QED) is 0.440. The van der Waals surface area contributed by atoms with Gasteiger partial charge in [-0.05, 0) is 0 Å². The molecular weight excluding hydrogens is 286 g/mol. The minimum Gasteiger partial charge on any atom is -0.789 e. The van der Waals surface area contributed by atoms with E-state index in [0.29, 0.717) is 0 Å². The van der Waals surface area contributed by atoms with Gasteiger partial charge < -0.3 is 24.1 Å². The minimum atomic E-state index is -5.55. The van der Waals surface area contributed by atoms with Gasteiger partial charge in [0.15, 0.2) is 0 Å². The molecule has 0 saturated heterocycles. The van der Waals surface area contributed by atoms with Crippen molar-refractivity contribution in [2.24, 2.45) is 0 Å². The smallest absolute Gasteiger partial charge is 0.789 e. The van der Waals surface area contributed by atoms with Crippen LogP contribution in [-0.4, -0.2) is 9.79 Å². The fraction of sp³-hybridized carbons (Fsp3) is 0. The molecule has 0 aliphatic heterocycles. The van der Waals surface area contributed by atoms with Gasteiger partial charge in [0.05, 0.1) is 7.82 Å². The SMILES string of the molecule is O=P([O-])([O-])OP(=O)(O)O.[Cd+2]. The number of phosphoric acid groups is 2. The second kappa shape index (κ2) is 4.27. The van der Waals surface area contributed by atoms with Gasteiger partial charge in [-0.1, -0.05) is 0 Å². The molecule has 56 valence electrons. The Morgan fingerprint density at radius 3 is 1.50 bits per heavy atom.